The molecule has 0 heterocycles. The molecule has 2 aromatic carbocycles. The third-order valence-electron chi connectivity index (χ3n) is 3.49. The van der Waals surface area contributed by atoms with Crippen LogP contribution < -0.4 is 11.1 Å². The Hall–Kier alpha value is -2.10. The van der Waals surface area contributed by atoms with E-state index in [1.807, 2.05) is 18.2 Å². The number of hydrogen-bond acceptors (Lipinski definition) is 2. The lowest BCUT2D eigenvalue weighted by atomic mass is 10.1. The van der Waals surface area contributed by atoms with Crippen molar-refractivity contribution in [3.8, 4) is 0 Å². The Balaban J connectivity index is 1.96. The average Bonchev–Trinajstić information content (AvgIpc) is 2.86. The van der Waals surface area contributed by atoms with E-state index in [2.05, 4.69) is 5.32 Å². The first-order valence-electron chi connectivity index (χ1n) is 6.27. The van der Waals surface area contributed by atoms with Gasteiger partial charge in [-0.1, -0.05) is 6.07 Å². The summed E-state index contributed by atoms with van der Waals surface area (Å²) in [7, 11) is 0. The van der Waals surface area contributed by atoms with Crippen molar-refractivity contribution in [3.05, 3.63) is 53.1 Å². The summed E-state index contributed by atoms with van der Waals surface area (Å²) in [4.78, 5) is 0. The molecule has 19 heavy (non-hydrogen) atoms. The molecule has 0 spiro atoms. The molecular formula is C15H14F2N2. The number of aryl methyl sites for hydroxylation is 2. The van der Waals surface area contributed by atoms with Gasteiger partial charge in [-0.3, -0.25) is 0 Å². The Morgan fingerprint density at radius 3 is 2.63 bits per heavy atom. The lowest BCUT2D eigenvalue weighted by Gasteiger charge is -2.12. The number of nitrogen functional groups attached to an aromatic ring is 1. The van der Waals surface area contributed by atoms with Crippen LogP contribution in [0.1, 0.15) is 17.5 Å². The molecule has 4 heteroatoms. The van der Waals surface area contributed by atoms with Gasteiger partial charge in [-0.2, -0.15) is 0 Å². The number of halogens is 2. The molecule has 0 aromatic heterocycles. The van der Waals surface area contributed by atoms with Crippen molar-refractivity contribution < 1.29 is 8.78 Å². The molecule has 0 fully saturated rings. The van der Waals surface area contributed by atoms with Crippen LogP contribution in [-0.4, -0.2) is 0 Å². The highest BCUT2D eigenvalue weighted by Crippen LogP contribution is 2.30. The van der Waals surface area contributed by atoms with Gasteiger partial charge in [-0.15, -0.1) is 0 Å². The molecule has 0 radical (unpaired) electrons. The Bertz CT molecular complexity index is 638. The van der Waals surface area contributed by atoms with Crippen LogP contribution in [0.15, 0.2) is 30.3 Å². The Labute approximate surface area is 110 Å². The van der Waals surface area contributed by atoms with Gasteiger partial charge in [-0.05, 0) is 54.7 Å². The maximum Gasteiger partial charge on any atom is 0.184 e. The van der Waals surface area contributed by atoms with Crippen LogP contribution in [0.25, 0.3) is 0 Å². The SMILES string of the molecule is Nc1ccc(F)c(F)c1Nc1ccc2c(c1)CCC2. The van der Waals surface area contributed by atoms with E-state index in [4.69, 9.17) is 5.73 Å². The van der Waals surface area contributed by atoms with Crippen LogP contribution in [-0.2, 0) is 12.8 Å². The lowest BCUT2D eigenvalue weighted by Crippen LogP contribution is -2.02. The van der Waals surface area contributed by atoms with Gasteiger partial charge in [-0.25, -0.2) is 8.78 Å². The summed E-state index contributed by atoms with van der Waals surface area (Å²) < 4.78 is 26.9. The van der Waals surface area contributed by atoms with Gasteiger partial charge >= 0.3 is 0 Å². The summed E-state index contributed by atoms with van der Waals surface area (Å²) in [6.45, 7) is 0. The van der Waals surface area contributed by atoms with Crippen LogP contribution in [0.2, 0.25) is 0 Å². The molecular weight excluding hydrogens is 246 g/mol. The van der Waals surface area contributed by atoms with Crippen molar-refractivity contribution in [1.29, 1.82) is 0 Å². The molecule has 0 atom stereocenters. The molecule has 1 aliphatic carbocycles. The maximum atomic E-state index is 13.7. The minimum atomic E-state index is -0.944. The zero-order valence-electron chi connectivity index (χ0n) is 10.3. The highest BCUT2D eigenvalue weighted by atomic mass is 19.2. The van der Waals surface area contributed by atoms with E-state index >= 15 is 0 Å². The van der Waals surface area contributed by atoms with Crippen LogP contribution in [0, 0.1) is 11.6 Å². The van der Waals surface area contributed by atoms with Gasteiger partial charge in [0.25, 0.3) is 0 Å². The molecule has 2 nitrogen and oxygen atoms in total. The number of nitrogens with one attached hydrogen (secondary N) is 1. The van der Waals surface area contributed by atoms with Gasteiger partial charge in [0.05, 0.1) is 5.69 Å². The second-order valence-corrected chi connectivity index (χ2v) is 4.79. The van der Waals surface area contributed by atoms with E-state index in [0.29, 0.717) is 0 Å². The number of rotatable bonds is 2. The van der Waals surface area contributed by atoms with Gasteiger partial charge in [0, 0.05) is 5.69 Å². The van der Waals surface area contributed by atoms with Gasteiger partial charge in [0.1, 0.15) is 5.69 Å². The fourth-order valence-corrected chi connectivity index (χ4v) is 2.49. The number of fused-ring (bicyclic) bond motifs is 1. The van der Waals surface area contributed by atoms with Crippen molar-refractivity contribution >= 4 is 17.1 Å². The van der Waals surface area contributed by atoms with Crippen molar-refractivity contribution in [2.45, 2.75) is 19.3 Å². The van der Waals surface area contributed by atoms with E-state index in [9.17, 15) is 8.78 Å². The minimum absolute atomic E-state index is 0.00190. The van der Waals surface area contributed by atoms with Crippen molar-refractivity contribution in [3.63, 3.8) is 0 Å². The molecule has 0 amide bonds. The molecule has 0 saturated carbocycles. The molecule has 0 aliphatic heterocycles. The molecule has 3 rings (SSSR count). The van der Waals surface area contributed by atoms with Gasteiger partial charge in [0.15, 0.2) is 11.6 Å². The third kappa shape index (κ3) is 2.14. The van der Waals surface area contributed by atoms with E-state index in [-0.39, 0.29) is 11.4 Å². The van der Waals surface area contributed by atoms with Gasteiger partial charge in [0.2, 0.25) is 0 Å². The highest BCUT2D eigenvalue weighted by Gasteiger charge is 2.14. The number of benzene rings is 2. The Morgan fingerprint density at radius 2 is 1.79 bits per heavy atom. The van der Waals surface area contributed by atoms with Crippen LogP contribution in [0.3, 0.4) is 0 Å². The topological polar surface area (TPSA) is 38.0 Å². The molecule has 0 saturated heterocycles. The van der Waals surface area contributed by atoms with E-state index in [0.717, 1.165) is 31.0 Å². The first-order valence-corrected chi connectivity index (χ1v) is 6.27. The van der Waals surface area contributed by atoms with Gasteiger partial charge < -0.3 is 11.1 Å². The Morgan fingerprint density at radius 1 is 1.00 bits per heavy atom. The molecule has 3 N–H and O–H groups in total. The van der Waals surface area contributed by atoms with Crippen molar-refractivity contribution in [2.24, 2.45) is 0 Å². The monoisotopic (exact) mass is 260 g/mol. The third-order valence-corrected chi connectivity index (χ3v) is 3.49. The van der Waals surface area contributed by atoms with Crippen LogP contribution in [0.4, 0.5) is 25.8 Å². The Kier molecular flexibility index (Phi) is 2.85. The van der Waals surface area contributed by atoms with Crippen LogP contribution in [0.5, 0.6) is 0 Å². The first kappa shape index (κ1) is 12.0. The second kappa shape index (κ2) is 4.53. The molecule has 1 aliphatic rings. The maximum absolute atomic E-state index is 13.7. The lowest BCUT2D eigenvalue weighted by molar-refractivity contribution is 0.512. The highest BCUT2D eigenvalue weighted by molar-refractivity contribution is 5.73. The van der Waals surface area contributed by atoms with E-state index < -0.39 is 11.6 Å². The fraction of sp³-hybridized carbons (Fsp3) is 0.200. The summed E-state index contributed by atoms with van der Waals surface area (Å²) in [5.41, 5.74) is 9.20. The normalized spacial score (nSPS) is 13.4. The predicted molar refractivity (Wildman–Crippen MR) is 72.5 cm³/mol. The standard InChI is InChI=1S/C15H14F2N2/c16-12-6-7-13(18)15(14(12)17)19-11-5-4-9-2-1-3-10(9)8-11/h4-8,19H,1-3,18H2. The average molecular weight is 260 g/mol. The number of nitrogens with two attached hydrogens (primary N) is 1. The molecule has 0 unspecified atom stereocenters. The smallest absolute Gasteiger partial charge is 0.184 e. The summed E-state index contributed by atoms with van der Waals surface area (Å²) in [5.74, 6) is -1.85. The zero-order chi connectivity index (χ0) is 13.4. The fourth-order valence-electron chi connectivity index (χ4n) is 2.49. The predicted octanol–water partition coefficient (Wildman–Crippen LogP) is 3.78. The van der Waals surface area contributed by atoms with E-state index in [1.54, 1.807) is 0 Å². The van der Waals surface area contributed by atoms with E-state index in [1.165, 1.54) is 17.2 Å². The number of hydrogen-bond donors (Lipinski definition) is 2. The largest absolute Gasteiger partial charge is 0.397 e. The van der Waals surface area contributed by atoms with Crippen molar-refractivity contribution in [2.75, 3.05) is 11.1 Å². The summed E-state index contributed by atoms with van der Waals surface area (Å²) >= 11 is 0. The quantitative estimate of drug-likeness (QED) is 0.806. The van der Waals surface area contributed by atoms with Crippen LogP contribution >= 0.6 is 0 Å². The second-order valence-electron chi connectivity index (χ2n) is 4.79. The number of anilines is 3. The van der Waals surface area contributed by atoms with Crippen molar-refractivity contribution in [1.82, 2.24) is 0 Å². The summed E-state index contributed by atoms with van der Waals surface area (Å²) in [6, 6.07) is 8.25. The summed E-state index contributed by atoms with van der Waals surface area (Å²) in [5, 5.41) is 2.87. The molecule has 98 valence electrons. The zero-order valence-corrected chi connectivity index (χ0v) is 10.3. The molecule has 2 aromatic rings. The first-order chi connectivity index (χ1) is 9.15. The summed E-state index contributed by atoms with van der Waals surface area (Å²) in [6.07, 6.45) is 3.27. The minimum Gasteiger partial charge on any atom is -0.397 e. The molecule has 0 bridgehead atoms.